The summed E-state index contributed by atoms with van der Waals surface area (Å²) in [6, 6.07) is 6.98. The Kier molecular flexibility index (Phi) is 5.24. The first kappa shape index (κ1) is 15.5. The van der Waals surface area contributed by atoms with E-state index >= 15 is 0 Å². The van der Waals surface area contributed by atoms with Crippen molar-refractivity contribution in [1.82, 2.24) is 0 Å². The molecule has 0 saturated heterocycles. The second-order valence-electron chi connectivity index (χ2n) is 5.53. The number of anilines is 1. The maximum absolute atomic E-state index is 12.2. The Balaban J connectivity index is 1.90. The molecular weight excluding hydrogens is 283 g/mol. The Labute approximate surface area is 122 Å². The molecule has 1 N–H and O–H groups in total. The summed E-state index contributed by atoms with van der Waals surface area (Å²) in [4.78, 5) is 0.234. The van der Waals surface area contributed by atoms with Gasteiger partial charge in [0.05, 0.1) is 0 Å². The van der Waals surface area contributed by atoms with Crippen molar-refractivity contribution in [2.45, 2.75) is 55.5 Å². The van der Waals surface area contributed by atoms with E-state index in [4.69, 9.17) is 0 Å². The van der Waals surface area contributed by atoms with Crippen LogP contribution in [-0.2, 0) is 0 Å². The SMILES string of the molecule is CC1CCCC(Nc2ccc(SC(F)(F)F)cc2)CC1. The van der Waals surface area contributed by atoms with Crippen LogP contribution >= 0.6 is 11.8 Å². The van der Waals surface area contributed by atoms with Crippen molar-refractivity contribution in [1.29, 1.82) is 0 Å². The molecule has 0 spiro atoms. The fourth-order valence-corrected chi connectivity index (χ4v) is 3.16. The molecule has 0 amide bonds. The van der Waals surface area contributed by atoms with Gasteiger partial charge in [-0.1, -0.05) is 19.8 Å². The minimum atomic E-state index is -4.22. The highest BCUT2D eigenvalue weighted by molar-refractivity contribution is 8.00. The molecule has 0 aliphatic heterocycles. The van der Waals surface area contributed by atoms with Crippen molar-refractivity contribution in [3.8, 4) is 0 Å². The second-order valence-corrected chi connectivity index (χ2v) is 6.67. The summed E-state index contributed by atoms with van der Waals surface area (Å²) in [6.07, 6.45) is 6.00. The van der Waals surface area contributed by atoms with Crippen molar-refractivity contribution < 1.29 is 13.2 Å². The van der Waals surface area contributed by atoms with Gasteiger partial charge in [0, 0.05) is 16.6 Å². The molecule has 0 bridgehead atoms. The van der Waals surface area contributed by atoms with E-state index in [2.05, 4.69) is 12.2 Å². The highest BCUT2D eigenvalue weighted by Gasteiger charge is 2.29. The van der Waals surface area contributed by atoms with Crippen LogP contribution in [0.4, 0.5) is 18.9 Å². The average Bonchev–Trinajstić information content (AvgIpc) is 2.55. The van der Waals surface area contributed by atoms with E-state index in [1.54, 1.807) is 12.1 Å². The average molecular weight is 303 g/mol. The van der Waals surface area contributed by atoms with E-state index in [1.807, 2.05) is 0 Å². The Bertz CT molecular complexity index is 416. The van der Waals surface area contributed by atoms with Crippen molar-refractivity contribution in [2.75, 3.05) is 5.32 Å². The molecular formula is C15H20F3NS. The topological polar surface area (TPSA) is 12.0 Å². The van der Waals surface area contributed by atoms with Crippen LogP contribution in [0.3, 0.4) is 0 Å². The lowest BCUT2D eigenvalue weighted by atomic mass is 10.0. The van der Waals surface area contributed by atoms with Gasteiger partial charge in [-0.05, 0) is 61.2 Å². The van der Waals surface area contributed by atoms with Crippen LogP contribution in [0, 0.1) is 5.92 Å². The number of rotatable bonds is 3. The van der Waals surface area contributed by atoms with E-state index in [9.17, 15) is 13.2 Å². The monoisotopic (exact) mass is 303 g/mol. The summed E-state index contributed by atoms with van der Waals surface area (Å²) in [5.41, 5.74) is -3.30. The number of nitrogens with one attached hydrogen (secondary N) is 1. The van der Waals surface area contributed by atoms with Crippen molar-refractivity contribution in [3.05, 3.63) is 24.3 Å². The number of thioether (sulfide) groups is 1. The summed E-state index contributed by atoms with van der Waals surface area (Å²) in [5, 5.41) is 3.44. The molecule has 1 aliphatic carbocycles. The zero-order valence-electron chi connectivity index (χ0n) is 11.5. The van der Waals surface area contributed by atoms with Crippen LogP contribution < -0.4 is 5.32 Å². The van der Waals surface area contributed by atoms with Crippen molar-refractivity contribution >= 4 is 17.4 Å². The molecule has 1 nitrogen and oxygen atoms in total. The van der Waals surface area contributed by atoms with Gasteiger partial charge in [0.25, 0.3) is 0 Å². The lowest BCUT2D eigenvalue weighted by Gasteiger charge is -2.18. The van der Waals surface area contributed by atoms with Crippen LogP contribution in [0.15, 0.2) is 29.2 Å². The number of halogens is 3. The highest BCUT2D eigenvalue weighted by Crippen LogP contribution is 2.37. The van der Waals surface area contributed by atoms with Crippen LogP contribution in [0.1, 0.15) is 39.0 Å². The Hall–Kier alpha value is -0.840. The summed E-state index contributed by atoms with van der Waals surface area (Å²) in [7, 11) is 0. The molecule has 0 radical (unpaired) electrons. The minimum absolute atomic E-state index is 0.0686. The predicted molar refractivity (Wildman–Crippen MR) is 78.0 cm³/mol. The van der Waals surface area contributed by atoms with Gasteiger partial charge in [-0.3, -0.25) is 0 Å². The van der Waals surface area contributed by atoms with Gasteiger partial charge in [-0.2, -0.15) is 13.2 Å². The molecule has 2 atom stereocenters. The van der Waals surface area contributed by atoms with Gasteiger partial charge < -0.3 is 5.32 Å². The second kappa shape index (κ2) is 6.74. The molecule has 1 fully saturated rings. The zero-order chi connectivity index (χ0) is 14.6. The Morgan fingerprint density at radius 1 is 1.05 bits per heavy atom. The van der Waals surface area contributed by atoms with E-state index < -0.39 is 5.51 Å². The molecule has 0 aromatic heterocycles. The standard InChI is InChI=1S/C15H20F3NS/c1-11-3-2-4-12(6-5-11)19-13-7-9-14(10-8-13)20-15(16,17)18/h7-12,19H,2-6H2,1H3. The Morgan fingerprint density at radius 2 is 1.75 bits per heavy atom. The van der Waals surface area contributed by atoms with Gasteiger partial charge in [-0.25, -0.2) is 0 Å². The summed E-state index contributed by atoms with van der Waals surface area (Å²) < 4.78 is 36.7. The van der Waals surface area contributed by atoms with Crippen LogP contribution in [0.5, 0.6) is 0 Å². The van der Waals surface area contributed by atoms with Gasteiger partial charge >= 0.3 is 5.51 Å². The molecule has 2 unspecified atom stereocenters. The first-order valence-corrected chi connectivity index (χ1v) is 7.86. The third-order valence-electron chi connectivity index (χ3n) is 3.72. The number of benzene rings is 1. The summed E-state index contributed by atoms with van der Waals surface area (Å²) in [5.74, 6) is 0.785. The Morgan fingerprint density at radius 3 is 2.40 bits per heavy atom. The predicted octanol–water partition coefficient (Wildman–Crippen LogP) is 5.68. The molecule has 2 rings (SSSR count). The van der Waals surface area contributed by atoms with Gasteiger partial charge in [0.2, 0.25) is 0 Å². The maximum Gasteiger partial charge on any atom is 0.446 e. The van der Waals surface area contributed by atoms with Gasteiger partial charge in [-0.15, -0.1) is 0 Å². The number of hydrogen-bond acceptors (Lipinski definition) is 2. The molecule has 112 valence electrons. The fraction of sp³-hybridized carbons (Fsp3) is 0.600. The number of alkyl halides is 3. The van der Waals surface area contributed by atoms with Crippen molar-refractivity contribution in [3.63, 3.8) is 0 Å². The van der Waals surface area contributed by atoms with E-state index in [0.29, 0.717) is 6.04 Å². The third-order valence-corrected chi connectivity index (χ3v) is 4.46. The molecule has 20 heavy (non-hydrogen) atoms. The van der Waals surface area contributed by atoms with Crippen LogP contribution in [0.2, 0.25) is 0 Å². The molecule has 1 aromatic carbocycles. The van der Waals surface area contributed by atoms with Crippen LogP contribution in [0.25, 0.3) is 0 Å². The minimum Gasteiger partial charge on any atom is -0.382 e. The van der Waals surface area contributed by atoms with Crippen LogP contribution in [-0.4, -0.2) is 11.6 Å². The summed E-state index contributed by atoms with van der Waals surface area (Å²) in [6.45, 7) is 2.28. The maximum atomic E-state index is 12.2. The normalized spacial score (nSPS) is 24.2. The first-order valence-electron chi connectivity index (χ1n) is 7.05. The molecule has 1 aromatic rings. The smallest absolute Gasteiger partial charge is 0.382 e. The fourth-order valence-electron chi connectivity index (χ4n) is 2.62. The molecule has 5 heteroatoms. The lowest BCUT2D eigenvalue weighted by molar-refractivity contribution is -0.0328. The van der Waals surface area contributed by atoms with Gasteiger partial charge in [0.1, 0.15) is 0 Å². The molecule has 0 heterocycles. The van der Waals surface area contributed by atoms with E-state index in [1.165, 1.54) is 31.4 Å². The van der Waals surface area contributed by atoms with Gasteiger partial charge in [0.15, 0.2) is 0 Å². The quantitative estimate of drug-likeness (QED) is 0.569. The first-order chi connectivity index (χ1) is 9.42. The molecule has 1 saturated carbocycles. The van der Waals surface area contributed by atoms with Crippen molar-refractivity contribution in [2.24, 2.45) is 5.92 Å². The zero-order valence-corrected chi connectivity index (χ0v) is 12.4. The number of hydrogen-bond donors (Lipinski definition) is 1. The van der Waals surface area contributed by atoms with E-state index in [0.717, 1.165) is 24.4 Å². The largest absolute Gasteiger partial charge is 0.446 e. The third kappa shape index (κ3) is 5.27. The summed E-state index contributed by atoms with van der Waals surface area (Å²) >= 11 is -0.0686. The molecule has 1 aliphatic rings. The lowest BCUT2D eigenvalue weighted by Crippen LogP contribution is -2.18. The highest BCUT2D eigenvalue weighted by atomic mass is 32.2. The van der Waals surface area contributed by atoms with E-state index in [-0.39, 0.29) is 16.7 Å².